The zero-order chi connectivity index (χ0) is 10.4. The highest BCUT2D eigenvalue weighted by Crippen LogP contribution is 2.26. The fraction of sp³-hybridized carbons (Fsp3) is 1.00. The van der Waals surface area contributed by atoms with Gasteiger partial charge in [0.05, 0.1) is 0 Å². The summed E-state index contributed by atoms with van der Waals surface area (Å²) in [7, 11) is 1.77. The molecule has 1 atom stereocenters. The van der Waals surface area contributed by atoms with Crippen molar-refractivity contribution in [2.45, 2.75) is 44.7 Å². The second kappa shape index (κ2) is 6.38. The van der Waals surface area contributed by atoms with E-state index in [0.29, 0.717) is 6.04 Å². The van der Waals surface area contributed by atoms with Crippen LogP contribution in [0.3, 0.4) is 0 Å². The van der Waals surface area contributed by atoms with E-state index < -0.39 is 0 Å². The number of methoxy groups -OCH3 is 1. The summed E-state index contributed by atoms with van der Waals surface area (Å²) < 4.78 is 5.11. The summed E-state index contributed by atoms with van der Waals surface area (Å²) in [6.45, 7) is 4.95. The van der Waals surface area contributed by atoms with Gasteiger partial charge in [-0.05, 0) is 26.2 Å². The maximum Gasteiger partial charge on any atom is 0.0477 e. The fourth-order valence-electron chi connectivity index (χ4n) is 2.08. The molecule has 1 fully saturated rings. The Balaban J connectivity index is 2.31. The molecule has 0 saturated heterocycles. The molecular weight excluding hydrogens is 176 g/mol. The van der Waals surface area contributed by atoms with Crippen LogP contribution in [-0.4, -0.2) is 43.8 Å². The predicted octanol–water partition coefficient (Wildman–Crippen LogP) is 1.22. The van der Waals surface area contributed by atoms with E-state index in [1.54, 1.807) is 7.11 Å². The molecule has 1 unspecified atom stereocenters. The highest BCUT2D eigenvalue weighted by atomic mass is 16.5. The monoisotopic (exact) mass is 200 g/mol. The summed E-state index contributed by atoms with van der Waals surface area (Å²) in [6, 6.07) is 1.41. The van der Waals surface area contributed by atoms with Gasteiger partial charge in [0.15, 0.2) is 0 Å². The first-order chi connectivity index (χ1) is 6.79. The molecule has 0 aliphatic heterocycles. The molecule has 0 amide bonds. The first kappa shape index (κ1) is 12.0. The molecule has 1 rings (SSSR count). The van der Waals surface area contributed by atoms with Crippen LogP contribution in [0.15, 0.2) is 0 Å². The summed E-state index contributed by atoms with van der Waals surface area (Å²) >= 11 is 0. The van der Waals surface area contributed by atoms with E-state index in [9.17, 15) is 0 Å². The quantitative estimate of drug-likeness (QED) is 0.671. The zero-order valence-electron chi connectivity index (χ0n) is 9.54. The molecule has 3 heteroatoms. The Morgan fingerprint density at radius 2 is 2.21 bits per heavy atom. The standard InChI is InChI=1S/C11H24N2O/c1-10(6-9-14-2)13(8-7-12)11-4-3-5-11/h10-11H,3-9,12H2,1-2H3. The summed E-state index contributed by atoms with van der Waals surface area (Å²) in [5.41, 5.74) is 5.64. The minimum Gasteiger partial charge on any atom is -0.385 e. The molecule has 3 nitrogen and oxygen atoms in total. The molecule has 14 heavy (non-hydrogen) atoms. The third-order valence-electron chi connectivity index (χ3n) is 3.24. The van der Waals surface area contributed by atoms with Crippen LogP contribution < -0.4 is 5.73 Å². The highest BCUT2D eigenvalue weighted by Gasteiger charge is 2.27. The van der Waals surface area contributed by atoms with Crippen LogP contribution >= 0.6 is 0 Å². The molecule has 0 aromatic heterocycles. The van der Waals surface area contributed by atoms with Gasteiger partial charge in [0.25, 0.3) is 0 Å². The van der Waals surface area contributed by atoms with Crippen molar-refractivity contribution in [3.8, 4) is 0 Å². The SMILES string of the molecule is COCCC(C)N(CCN)C1CCC1. The molecule has 2 N–H and O–H groups in total. The van der Waals surface area contributed by atoms with Gasteiger partial charge in [-0.1, -0.05) is 6.42 Å². The number of nitrogens with zero attached hydrogens (tertiary/aromatic N) is 1. The smallest absolute Gasteiger partial charge is 0.0477 e. The van der Waals surface area contributed by atoms with Crippen LogP contribution in [0.5, 0.6) is 0 Å². The normalized spacial score (nSPS) is 19.7. The van der Waals surface area contributed by atoms with E-state index in [1.165, 1.54) is 19.3 Å². The summed E-state index contributed by atoms with van der Waals surface area (Å²) in [5, 5.41) is 0. The van der Waals surface area contributed by atoms with Gasteiger partial charge in [0.1, 0.15) is 0 Å². The molecular formula is C11H24N2O. The molecule has 1 aliphatic rings. The second-order valence-electron chi connectivity index (χ2n) is 4.24. The van der Waals surface area contributed by atoms with Crippen molar-refractivity contribution < 1.29 is 4.74 Å². The Kier molecular flexibility index (Phi) is 5.45. The lowest BCUT2D eigenvalue weighted by molar-refractivity contribution is 0.0692. The van der Waals surface area contributed by atoms with E-state index in [4.69, 9.17) is 10.5 Å². The number of rotatable bonds is 7. The van der Waals surface area contributed by atoms with Crippen LogP contribution in [0.25, 0.3) is 0 Å². The Morgan fingerprint density at radius 1 is 1.50 bits per heavy atom. The maximum absolute atomic E-state index is 5.64. The van der Waals surface area contributed by atoms with Gasteiger partial charge in [0, 0.05) is 38.9 Å². The van der Waals surface area contributed by atoms with E-state index in [2.05, 4.69) is 11.8 Å². The van der Waals surface area contributed by atoms with Crippen molar-refractivity contribution >= 4 is 0 Å². The Bertz CT molecular complexity index is 148. The lowest BCUT2D eigenvalue weighted by atomic mass is 9.90. The minimum atomic E-state index is 0.615. The molecule has 0 spiro atoms. The average molecular weight is 200 g/mol. The third-order valence-corrected chi connectivity index (χ3v) is 3.24. The van der Waals surface area contributed by atoms with Gasteiger partial charge in [-0.2, -0.15) is 0 Å². The first-order valence-electron chi connectivity index (χ1n) is 5.74. The van der Waals surface area contributed by atoms with Crippen molar-refractivity contribution in [1.29, 1.82) is 0 Å². The third kappa shape index (κ3) is 3.23. The molecule has 1 saturated carbocycles. The molecule has 0 radical (unpaired) electrons. The fourth-order valence-corrected chi connectivity index (χ4v) is 2.08. The van der Waals surface area contributed by atoms with Gasteiger partial charge in [-0.15, -0.1) is 0 Å². The van der Waals surface area contributed by atoms with E-state index >= 15 is 0 Å². The number of hydrogen-bond acceptors (Lipinski definition) is 3. The van der Waals surface area contributed by atoms with Gasteiger partial charge < -0.3 is 10.5 Å². The Morgan fingerprint density at radius 3 is 2.64 bits per heavy atom. The van der Waals surface area contributed by atoms with Crippen molar-refractivity contribution in [2.24, 2.45) is 5.73 Å². The minimum absolute atomic E-state index is 0.615. The van der Waals surface area contributed by atoms with Gasteiger partial charge in [0.2, 0.25) is 0 Å². The van der Waals surface area contributed by atoms with Crippen molar-refractivity contribution in [3.63, 3.8) is 0 Å². The molecule has 1 aliphatic carbocycles. The Hall–Kier alpha value is -0.120. The number of hydrogen-bond donors (Lipinski definition) is 1. The largest absolute Gasteiger partial charge is 0.385 e. The van der Waals surface area contributed by atoms with E-state index in [1.807, 2.05) is 0 Å². The number of ether oxygens (including phenoxy) is 1. The highest BCUT2D eigenvalue weighted by molar-refractivity contribution is 4.83. The van der Waals surface area contributed by atoms with Gasteiger partial charge in [-0.25, -0.2) is 0 Å². The average Bonchev–Trinajstić information content (AvgIpc) is 2.10. The number of nitrogens with two attached hydrogens (primary N) is 1. The van der Waals surface area contributed by atoms with Crippen LogP contribution in [0.1, 0.15) is 32.6 Å². The molecule has 0 aromatic carbocycles. The first-order valence-corrected chi connectivity index (χ1v) is 5.74. The van der Waals surface area contributed by atoms with Crippen molar-refractivity contribution in [3.05, 3.63) is 0 Å². The zero-order valence-corrected chi connectivity index (χ0v) is 9.54. The molecule has 0 heterocycles. The van der Waals surface area contributed by atoms with E-state index in [0.717, 1.165) is 32.2 Å². The molecule has 84 valence electrons. The topological polar surface area (TPSA) is 38.5 Å². The Labute approximate surface area is 87.6 Å². The van der Waals surface area contributed by atoms with Gasteiger partial charge in [-0.3, -0.25) is 4.90 Å². The molecule has 0 bridgehead atoms. The predicted molar refractivity (Wildman–Crippen MR) is 59.4 cm³/mol. The maximum atomic E-state index is 5.64. The molecule has 0 aromatic rings. The van der Waals surface area contributed by atoms with Gasteiger partial charge >= 0.3 is 0 Å². The summed E-state index contributed by atoms with van der Waals surface area (Å²) in [5.74, 6) is 0. The van der Waals surface area contributed by atoms with Crippen LogP contribution in [0.4, 0.5) is 0 Å². The van der Waals surface area contributed by atoms with Crippen LogP contribution in [-0.2, 0) is 4.74 Å². The lowest BCUT2D eigenvalue weighted by Gasteiger charge is -2.41. The summed E-state index contributed by atoms with van der Waals surface area (Å²) in [6.07, 6.45) is 5.23. The van der Waals surface area contributed by atoms with Crippen molar-refractivity contribution in [1.82, 2.24) is 4.90 Å². The second-order valence-corrected chi connectivity index (χ2v) is 4.24. The van der Waals surface area contributed by atoms with E-state index in [-0.39, 0.29) is 0 Å². The van der Waals surface area contributed by atoms with Crippen LogP contribution in [0.2, 0.25) is 0 Å². The summed E-state index contributed by atoms with van der Waals surface area (Å²) in [4.78, 5) is 2.56. The lowest BCUT2D eigenvalue weighted by Crippen LogP contribution is -2.48. The van der Waals surface area contributed by atoms with Crippen molar-refractivity contribution in [2.75, 3.05) is 26.8 Å². The van der Waals surface area contributed by atoms with Crippen LogP contribution in [0, 0.1) is 0 Å².